The number of nitrogens with one attached hydrogen (secondary N) is 2. The van der Waals surface area contributed by atoms with Crippen LogP contribution >= 0.6 is 0 Å². The Hall–Kier alpha value is -2.54. The molecule has 2 rings (SSSR count). The van der Waals surface area contributed by atoms with E-state index in [2.05, 4.69) is 25.7 Å². The summed E-state index contributed by atoms with van der Waals surface area (Å²) >= 11 is 0. The molecule has 0 aliphatic heterocycles. The fraction of sp³-hybridized carbons (Fsp3) is 0.167. The monoisotopic (exact) mass is 258 g/mol. The average Bonchev–Trinajstić information content (AvgIpc) is 2.45. The first-order valence-electron chi connectivity index (χ1n) is 5.69. The van der Waals surface area contributed by atoms with E-state index in [4.69, 9.17) is 5.84 Å². The summed E-state index contributed by atoms with van der Waals surface area (Å²) in [5.74, 6) is 6.06. The van der Waals surface area contributed by atoms with Gasteiger partial charge in [0.2, 0.25) is 0 Å². The first-order chi connectivity index (χ1) is 9.19. The fourth-order valence-corrected chi connectivity index (χ4v) is 1.51. The average molecular weight is 258 g/mol. The molecule has 98 valence electrons. The number of carbonyl (C=O) groups is 1. The number of nitrogens with two attached hydrogens (primary N) is 1. The van der Waals surface area contributed by atoms with Crippen molar-refractivity contribution >= 4 is 11.7 Å². The number of hydrazine groups is 1. The topological polar surface area (TPSA) is 106 Å². The number of aryl methyl sites for hydroxylation is 1. The van der Waals surface area contributed by atoms with Crippen LogP contribution in [0.15, 0.2) is 30.5 Å². The maximum Gasteiger partial charge on any atom is 0.270 e. The van der Waals surface area contributed by atoms with Gasteiger partial charge in [-0.15, -0.1) is 0 Å². The predicted octanol–water partition coefficient (Wildman–Crippen LogP) is 0.396. The van der Waals surface area contributed by atoms with Gasteiger partial charge in [-0.1, -0.05) is 6.07 Å². The molecule has 0 saturated carbocycles. The van der Waals surface area contributed by atoms with Crippen molar-refractivity contribution in [1.29, 1.82) is 0 Å². The quantitative estimate of drug-likeness (QED) is 0.541. The number of carbonyl (C=O) groups excluding carboxylic acids is 1. The Balaban J connectivity index is 2.01. The molecule has 19 heavy (non-hydrogen) atoms. The Morgan fingerprint density at radius 3 is 2.89 bits per heavy atom. The molecule has 0 bridgehead atoms. The second kappa shape index (κ2) is 5.87. The minimum absolute atomic E-state index is 0.284. The highest BCUT2D eigenvalue weighted by molar-refractivity contribution is 5.92. The van der Waals surface area contributed by atoms with Gasteiger partial charge in [0.1, 0.15) is 17.3 Å². The van der Waals surface area contributed by atoms with Gasteiger partial charge in [-0.3, -0.25) is 4.79 Å². The Morgan fingerprint density at radius 1 is 1.32 bits per heavy atom. The molecule has 4 N–H and O–H groups in total. The molecule has 2 heterocycles. The Bertz CT molecular complexity index is 586. The van der Waals surface area contributed by atoms with E-state index in [-0.39, 0.29) is 5.91 Å². The maximum atomic E-state index is 11.9. The number of rotatable bonds is 4. The van der Waals surface area contributed by atoms with Gasteiger partial charge in [-0.05, 0) is 25.1 Å². The highest BCUT2D eigenvalue weighted by atomic mass is 16.1. The van der Waals surface area contributed by atoms with Gasteiger partial charge in [0, 0.05) is 6.20 Å². The van der Waals surface area contributed by atoms with Crippen molar-refractivity contribution in [2.45, 2.75) is 13.5 Å². The first-order valence-corrected chi connectivity index (χ1v) is 5.69. The number of hydrogen-bond acceptors (Lipinski definition) is 6. The first kappa shape index (κ1) is 12.9. The number of nitrogen functional groups attached to an aromatic ring is 1. The summed E-state index contributed by atoms with van der Waals surface area (Å²) < 4.78 is 0. The van der Waals surface area contributed by atoms with E-state index in [0.717, 1.165) is 5.69 Å². The van der Waals surface area contributed by atoms with Crippen molar-refractivity contribution in [2.24, 2.45) is 5.84 Å². The number of anilines is 1. The minimum Gasteiger partial charge on any atom is -0.345 e. The summed E-state index contributed by atoms with van der Waals surface area (Å²) in [7, 11) is 0. The lowest BCUT2D eigenvalue weighted by Crippen LogP contribution is -2.25. The molecule has 1 amide bonds. The zero-order valence-corrected chi connectivity index (χ0v) is 10.4. The van der Waals surface area contributed by atoms with E-state index >= 15 is 0 Å². The van der Waals surface area contributed by atoms with Gasteiger partial charge in [-0.2, -0.15) is 0 Å². The van der Waals surface area contributed by atoms with Crippen LogP contribution < -0.4 is 16.6 Å². The summed E-state index contributed by atoms with van der Waals surface area (Å²) in [6.07, 6.45) is 1.65. The highest BCUT2D eigenvalue weighted by Crippen LogP contribution is 2.03. The molecule has 0 atom stereocenters. The highest BCUT2D eigenvalue weighted by Gasteiger charge is 2.07. The van der Waals surface area contributed by atoms with Crippen LogP contribution in [0.1, 0.15) is 22.0 Å². The van der Waals surface area contributed by atoms with E-state index in [1.165, 1.54) is 0 Å². The van der Waals surface area contributed by atoms with Crippen LogP contribution in [0.25, 0.3) is 0 Å². The molecule has 0 radical (unpaired) electrons. The van der Waals surface area contributed by atoms with E-state index < -0.39 is 0 Å². The molecular formula is C12H14N6O. The van der Waals surface area contributed by atoms with Crippen molar-refractivity contribution in [3.05, 3.63) is 47.7 Å². The largest absolute Gasteiger partial charge is 0.345 e. The number of pyridine rings is 1. The maximum absolute atomic E-state index is 11.9. The molecule has 0 saturated heterocycles. The molecule has 7 nitrogen and oxygen atoms in total. The normalized spacial score (nSPS) is 10.0. The van der Waals surface area contributed by atoms with Gasteiger partial charge in [0.25, 0.3) is 5.91 Å². The van der Waals surface area contributed by atoms with Crippen molar-refractivity contribution in [3.8, 4) is 0 Å². The predicted molar refractivity (Wildman–Crippen MR) is 70.0 cm³/mol. The van der Waals surface area contributed by atoms with Crippen molar-refractivity contribution < 1.29 is 4.79 Å². The van der Waals surface area contributed by atoms with Crippen LogP contribution in [0.3, 0.4) is 0 Å². The number of hydrogen-bond donors (Lipinski definition) is 3. The molecule has 0 aromatic carbocycles. The van der Waals surface area contributed by atoms with Crippen LogP contribution in [0.2, 0.25) is 0 Å². The van der Waals surface area contributed by atoms with E-state index in [1.54, 1.807) is 37.4 Å². The van der Waals surface area contributed by atoms with Crippen molar-refractivity contribution in [3.63, 3.8) is 0 Å². The lowest BCUT2D eigenvalue weighted by molar-refractivity contribution is 0.0945. The molecule has 0 aliphatic rings. The van der Waals surface area contributed by atoms with Crippen LogP contribution in [0, 0.1) is 6.92 Å². The van der Waals surface area contributed by atoms with Gasteiger partial charge in [0.15, 0.2) is 0 Å². The number of amides is 1. The van der Waals surface area contributed by atoms with Crippen LogP contribution in [-0.2, 0) is 6.54 Å². The lowest BCUT2D eigenvalue weighted by Gasteiger charge is -2.06. The summed E-state index contributed by atoms with van der Waals surface area (Å²) in [4.78, 5) is 24.1. The van der Waals surface area contributed by atoms with Gasteiger partial charge >= 0.3 is 0 Å². The number of aromatic nitrogens is 3. The Kier molecular flexibility index (Phi) is 3.99. The van der Waals surface area contributed by atoms with Crippen LogP contribution in [0.4, 0.5) is 5.82 Å². The van der Waals surface area contributed by atoms with Crippen LogP contribution in [0.5, 0.6) is 0 Å². The second-order valence-corrected chi connectivity index (χ2v) is 3.83. The Morgan fingerprint density at radius 2 is 2.16 bits per heavy atom. The molecule has 0 aliphatic carbocycles. The molecule has 2 aromatic heterocycles. The third-order valence-electron chi connectivity index (χ3n) is 2.39. The fourth-order valence-electron chi connectivity index (χ4n) is 1.51. The smallest absolute Gasteiger partial charge is 0.270 e. The van der Waals surface area contributed by atoms with E-state index in [9.17, 15) is 4.79 Å². The molecule has 0 fully saturated rings. The van der Waals surface area contributed by atoms with Gasteiger partial charge in [0.05, 0.1) is 12.2 Å². The summed E-state index contributed by atoms with van der Waals surface area (Å²) in [6, 6.07) is 6.73. The number of nitrogens with zero attached hydrogens (tertiary/aromatic N) is 3. The zero-order chi connectivity index (χ0) is 13.7. The summed E-state index contributed by atoms with van der Waals surface area (Å²) in [5, 5.41) is 2.73. The van der Waals surface area contributed by atoms with E-state index in [0.29, 0.717) is 23.9 Å². The molecule has 7 heteroatoms. The van der Waals surface area contributed by atoms with Gasteiger partial charge in [-0.25, -0.2) is 20.8 Å². The van der Waals surface area contributed by atoms with E-state index in [1.807, 2.05) is 0 Å². The molecular weight excluding hydrogens is 244 g/mol. The van der Waals surface area contributed by atoms with Gasteiger partial charge < -0.3 is 10.7 Å². The zero-order valence-electron chi connectivity index (χ0n) is 10.4. The third kappa shape index (κ3) is 3.46. The van der Waals surface area contributed by atoms with Crippen molar-refractivity contribution in [2.75, 3.05) is 5.43 Å². The summed E-state index contributed by atoms with van der Waals surface area (Å²) in [6.45, 7) is 2.12. The third-order valence-corrected chi connectivity index (χ3v) is 2.39. The standard InChI is InChI=1S/C12H14N6O/c1-8-14-6-5-9(16-8)7-15-12(19)10-3-2-4-11(17-10)18-13/h2-6H,7,13H2,1H3,(H,15,19)(H,17,18). The summed E-state index contributed by atoms with van der Waals surface area (Å²) in [5.41, 5.74) is 3.43. The molecule has 2 aromatic rings. The van der Waals surface area contributed by atoms with Crippen LogP contribution in [-0.4, -0.2) is 20.9 Å². The Labute approximate surface area is 110 Å². The second-order valence-electron chi connectivity index (χ2n) is 3.83. The SMILES string of the molecule is Cc1nccc(CNC(=O)c2cccc(NN)n2)n1. The minimum atomic E-state index is -0.284. The lowest BCUT2D eigenvalue weighted by atomic mass is 10.3. The molecule has 0 unspecified atom stereocenters. The van der Waals surface area contributed by atoms with Crippen molar-refractivity contribution in [1.82, 2.24) is 20.3 Å². The molecule has 0 spiro atoms.